The van der Waals surface area contributed by atoms with Crippen LogP contribution >= 0.6 is 15.9 Å². The number of nitrogens with one attached hydrogen (secondary N) is 1. The quantitative estimate of drug-likeness (QED) is 0.280. The topological polar surface area (TPSA) is 119 Å². The molecule has 1 aliphatic rings. The summed E-state index contributed by atoms with van der Waals surface area (Å²) < 4.78 is 4.93. The molecule has 9 heteroatoms. The molecule has 0 saturated heterocycles. The van der Waals surface area contributed by atoms with Crippen LogP contribution in [0.4, 0.5) is 5.69 Å². The molecule has 8 nitrogen and oxygen atoms in total. The predicted octanol–water partition coefficient (Wildman–Crippen LogP) is 3.36. The molecule has 0 radical (unpaired) electrons. The highest BCUT2D eigenvalue weighted by Gasteiger charge is 2.56. The molecule has 2 rings (SSSR count). The minimum atomic E-state index is -1.38. The summed E-state index contributed by atoms with van der Waals surface area (Å²) in [5.74, 6) is -2.62. The van der Waals surface area contributed by atoms with Crippen LogP contribution in [0, 0.1) is 15.5 Å². The van der Waals surface area contributed by atoms with E-state index in [-0.39, 0.29) is 17.7 Å². The van der Waals surface area contributed by atoms with Crippen LogP contribution in [0.5, 0.6) is 0 Å². The highest BCUT2D eigenvalue weighted by molar-refractivity contribution is 9.09. The molecule has 2 N–H and O–H groups in total. The minimum Gasteiger partial charge on any atom is -0.481 e. The second-order valence-corrected chi connectivity index (χ2v) is 7.61. The van der Waals surface area contributed by atoms with Gasteiger partial charge >= 0.3 is 11.9 Å². The lowest BCUT2D eigenvalue weighted by molar-refractivity contribution is -0.384. The average Bonchev–Trinajstić information content (AvgIpc) is 2.66. The Morgan fingerprint density at radius 1 is 1.43 bits per heavy atom. The van der Waals surface area contributed by atoms with Gasteiger partial charge in [-0.05, 0) is 32.3 Å². The number of rotatable bonds is 7. The van der Waals surface area contributed by atoms with E-state index in [1.54, 1.807) is 19.9 Å². The average molecular weight is 455 g/mol. The fourth-order valence-corrected chi connectivity index (χ4v) is 4.33. The number of non-ortho nitro benzene ring substituents is 1. The van der Waals surface area contributed by atoms with Crippen molar-refractivity contribution in [1.29, 1.82) is 0 Å². The molecule has 1 aromatic carbocycles. The van der Waals surface area contributed by atoms with E-state index in [1.807, 2.05) is 0 Å². The Morgan fingerprint density at radius 3 is 2.64 bits per heavy atom. The number of nitro groups is 1. The lowest BCUT2D eigenvalue weighted by Crippen LogP contribution is -2.56. The molecule has 3 unspecified atom stereocenters. The Kier molecular flexibility index (Phi) is 6.82. The van der Waals surface area contributed by atoms with Crippen molar-refractivity contribution in [2.45, 2.75) is 38.6 Å². The molecular formula is C19H23BrN2O6. The first-order chi connectivity index (χ1) is 13.2. The number of carbonyl (C=O) groups excluding carboxylic acids is 1. The van der Waals surface area contributed by atoms with Gasteiger partial charge in [0.1, 0.15) is 0 Å². The molecular weight excluding hydrogens is 432 g/mol. The standard InChI is InChI=1S/C19H23BrN2O6/c1-11-15(17(23)28-3)16(13-6-4-7-14(10-13)22(26)27)19(18(24)25,8-5-9-20)12(2)21-11/h4,6-7,10,12,16,21H,5,8-9H2,1-3H3,(H,24,25). The van der Waals surface area contributed by atoms with E-state index >= 15 is 0 Å². The molecule has 0 amide bonds. The van der Waals surface area contributed by atoms with Gasteiger partial charge in [0.15, 0.2) is 0 Å². The van der Waals surface area contributed by atoms with Gasteiger partial charge in [0, 0.05) is 35.1 Å². The van der Waals surface area contributed by atoms with E-state index in [1.165, 1.54) is 25.3 Å². The molecule has 0 aliphatic carbocycles. The van der Waals surface area contributed by atoms with Crippen molar-refractivity contribution in [1.82, 2.24) is 5.32 Å². The maximum Gasteiger partial charge on any atom is 0.336 e. The molecule has 152 valence electrons. The van der Waals surface area contributed by atoms with Crippen LogP contribution in [0.3, 0.4) is 0 Å². The van der Waals surface area contributed by atoms with Crippen LogP contribution in [0.25, 0.3) is 0 Å². The van der Waals surface area contributed by atoms with Gasteiger partial charge in [-0.1, -0.05) is 28.1 Å². The Bertz CT molecular complexity index is 824. The number of benzene rings is 1. The second kappa shape index (κ2) is 8.72. The molecule has 0 saturated carbocycles. The highest BCUT2D eigenvalue weighted by Crippen LogP contribution is 2.51. The van der Waals surface area contributed by atoms with Crippen LogP contribution in [-0.4, -0.2) is 40.5 Å². The van der Waals surface area contributed by atoms with E-state index in [4.69, 9.17) is 4.74 Å². The van der Waals surface area contributed by atoms with Crippen molar-refractivity contribution >= 4 is 33.6 Å². The fraction of sp³-hybridized carbons (Fsp3) is 0.474. The molecule has 1 aliphatic heterocycles. The molecule has 28 heavy (non-hydrogen) atoms. The summed E-state index contributed by atoms with van der Waals surface area (Å²) in [6, 6.07) is 5.29. The van der Waals surface area contributed by atoms with E-state index in [9.17, 15) is 24.8 Å². The number of nitro benzene ring substituents is 1. The summed E-state index contributed by atoms with van der Waals surface area (Å²) in [5, 5.41) is 25.3. The number of halogens is 1. The minimum absolute atomic E-state index is 0.162. The number of aliphatic carboxylic acids is 1. The zero-order valence-corrected chi connectivity index (χ0v) is 17.5. The van der Waals surface area contributed by atoms with Gasteiger partial charge in [0.05, 0.1) is 23.0 Å². The Balaban J connectivity index is 2.82. The van der Waals surface area contributed by atoms with E-state index in [2.05, 4.69) is 21.2 Å². The summed E-state index contributed by atoms with van der Waals surface area (Å²) in [5.41, 5.74) is -0.458. The van der Waals surface area contributed by atoms with E-state index < -0.39 is 34.2 Å². The van der Waals surface area contributed by atoms with Crippen LogP contribution in [-0.2, 0) is 14.3 Å². The number of methoxy groups -OCH3 is 1. The summed E-state index contributed by atoms with van der Waals surface area (Å²) in [4.78, 5) is 35.9. The molecule has 0 aromatic heterocycles. The molecule has 0 spiro atoms. The summed E-state index contributed by atoms with van der Waals surface area (Å²) in [6.45, 7) is 3.44. The summed E-state index contributed by atoms with van der Waals surface area (Å²) in [6.07, 6.45) is 0.820. The van der Waals surface area contributed by atoms with Crippen molar-refractivity contribution < 1.29 is 24.4 Å². The lowest BCUT2D eigenvalue weighted by atomic mass is 9.60. The maximum absolute atomic E-state index is 12.6. The van der Waals surface area contributed by atoms with Crippen molar-refractivity contribution in [3.63, 3.8) is 0 Å². The number of carboxylic acid groups (broad SMARTS) is 1. The molecule has 3 atom stereocenters. The summed E-state index contributed by atoms with van der Waals surface area (Å²) in [7, 11) is 1.23. The Morgan fingerprint density at radius 2 is 2.11 bits per heavy atom. The summed E-state index contributed by atoms with van der Waals surface area (Å²) >= 11 is 3.34. The number of nitrogens with zero attached hydrogens (tertiary/aromatic N) is 1. The smallest absolute Gasteiger partial charge is 0.336 e. The zero-order chi connectivity index (χ0) is 21.1. The largest absolute Gasteiger partial charge is 0.481 e. The first kappa shape index (κ1) is 21.9. The van der Waals surface area contributed by atoms with Crippen molar-refractivity contribution in [2.75, 3.05) is 12.4 Å². The molecule has 1 aromatic rings. The number of allylic oxidation sites excluding steroid dienone is 1. The third kappa shape index (κ3) is 3.76. The number of carbonyl (C=O) groups is 2. The first-order valence-corrected chi connectivity index (χ1v) is 9.92. The number of hydrogen-bond acceptors (Lipinski definition) is 6. The first-order valence-electron chi connectivity index (χ1n) is 8.80. The molecule has 0 bridgehead atoms. The number of carboxylic acids is 1. The van der Waals surface area contributed by atoms with Gasteiger partial charge in [-0.3, -0.25) is 14.9 Å². The molecule has 0 fully saturated rings. The van der Waals surface area contributed by atoms with Crippen LogP contribution in [0.1, 0.15) is 38.2 Å². The van der Waals surface area contributed by atoms with Crippen molar-refractivity contribution in [2.24, 2.45) is 5.41 Å². The monoisotopic (exact) mass is 454 g/mol. The van der Waals surface area contributed by atoms with Gasteiger partial charge in [-0.25, -0.2) is 4.79 Å². The van der Waals surface area contributed by atoms with E-state index in [0.29, 0.717) is 23.0 Å². The van der Waals surface area contributed by atoms with Gasteiger partial charge < -0.3 is 15.2 Å². The predicted molar refractivity (Wildman–Crippen MR) is 106 cm³/mol. The van der Waals surface area contributed by atoms with Crippen molar-refractivity contribution in [3.8, 4) is 0 Å². The number of hydrogen-bond donors (Lipinski definition) is 2. The van der Waals surface area contributed by atoms with Crippen LogP contribution < -0.4 is 5.32 Å². The zero-order valence-electron chi connectivity index (χ0n) is 15.9. The van der Waals surface area contributed by atoms with Crippen molar-refractivity contribution in [3.05, 3.63) is 51.2 Å². The Labute approximate surface area is 171 Å². The SMILES string of the molecule is COC(=O)C1=C(C)NC(C)C(CCCBr)(C(=O)O)C1c1cccc([N+](=O)[O-])c1. The third-order valence-electron chi connectivity index (χ3n) is 5.36. The fourth-order valence-electron chi connectivity index (χ4n) is 4.05. The number of alkyl halides is 1. The lowest BCUT2D eigenvalue weighted by Gasteiger charge is -2.47. The van der Waals surface area contributed by atoms with Crippen LogP contribution in [0.2, 0.25) is 0 Å². The number of ether oxygens (including phenoxy) is 1. The third-order valence-corrected chi connectivity index (χ3v) is 5.92. The van der Waals surface area contributed by atoms with Gasteiger partial charge in [-0.2, -0.15) is 0 Å². The van der Waals surface area contributed by atoms with Gasteiger partial charge in [-0.15, -0.1) is 0 Å². The normalized spacial score (nSPS) is 24.4. The highest BCUT2D eigenvalue weighted by atomic mass is 79.9. The van der Waals surface area contributed by atoms with Gasteiger partial charge in [0.25, 0.3) is 5.69 Å². The Hall–Kier alpha value is -2.42. The van der Waals surface area contributed by atoms with Gasteiger partial charge in [0.2, 0.25) is 0 Å². The maximum atomic E-state index is 12.6. The molecule has 1 heterocycles. The second-order valence-electron chi connectivity index (χ2n) is 6.82. The van der Waals surface area contributed by atoms with E-state index in [0.717, 1.165) is 0 Å². The van der Waals surface area contributed by atoms with Crippen LogP contribution in [0.15, 0.2) is 35.5 Å². The number of esters is 1.